The first kappa shape index (κ1) is 16.9. The summed E-state index contributed by atoms with van der Waals surface area (Å²) >= 11 is 0. The fourth-order valence-electron chi connectivity index (χ4n) is 1.43. The normalized spacial score (nSPS) is 15.2. The van der Waals surface area contributed by atoms with E-state index < -0.39 is 35.5 Å². The lowest BCUT2D eigenvalue weighted by atomic mass is 9.95. The second kappa shape index (κ2) is 5.30. The van der Waals surface area contributed by atoms with Gasteiger partial charge < -0.3 is 14.5 Å². The number of hydrogen-bond acceptors (Lipinski definition) is 4. The van der Waals surface area contributed by atoms with E-state index in [0.29, 0.717) is 24.8 Å². The van der Waals surface area contributed by atoms with Crippen molar-refractivity contribution in [2.75, 3.05) is 7.11 Å². The molecule has 0 aliphatic rings. The molecule has 0 aromatic carbocycles. The minimum atomic E-state index is -5.64. The number of amides is 1. The zero-order valence-corrected chi connectivity index (χ0v) is 10.1. The van der Waals surface area contributed by atoms with Gasteiger partial charge in [-0.2, -0.15) is 26.3 Å². The molecule has 0 aliphatic carbocycles. The maximum atomic E-state index is 13.2. The molecule has 1 rings (SSSR count). The molecule has 0 spiro atoms. The molecule has 118 valence electrons. The summed E-state index contributed by atoms with van der Waals surface area (Å²) in [4.78, 5) is 22.3. The number of carbonyl (C=O) groups is 2. The van der Waals surface area contributed by atoms with E-state index in [1.807, 2.05) is 0 Å². The third-order valence-corrected chi connectivity index (χ3v) is 2.37. The van der Waals surface area contributed by atoms with E-state index in [1.54, 1.807) is 0 Å². The van der Waals surface area contributed by atoms with E-state index in [2.05, 4.69) is 9.15 Å². The van der Waals surface area contributed by atoms with Gasteiger partial charge in [0.15, 0.2) is 0 Å². The van der Waals surface area contributed by atoms with Gasteiger partial charge in [-0.05, 0) is 12.1 Å². The van der Waals surface area contributed by atoms with Crippen LogP contribution in [0.4, 0.5) is 26.3 Å². The van der Waals surface area contributed by atoms with Gasteiger partial charge in [0.25, 0.3) is 5.54 Å². The highest BCUT2D eigenvalue weighted by atomic mass is 19.4. The Hall–Kier alpha value is -2.20. The monoisotopic (exact) mass is 319 g/mol. The van der Waals surface area contributed by atoms with Crippen LogP contribution in [0, 0.1) is 0 Å². The average molecular weight is 319 g/mol. The molecule has 1 aromatic rings. The third-order valence-electron chi connectivity index (χ3n) is 2.37. The van der Waals surface area contributed by atoms with Gasteiger partial charge in [-0.15, -0.1) is 0 Å². The standard InChI is InChI=1S/C10H7F6NO4/c1-20-7(19)8(10(14,15)16,5-3-2-4-21-5)17-6(18)9(11,12)13/h2-4H,1H3,(H,17,18)/t8-/m1/s1. The highest BCUT2D eigenvalue weighted by Gasteiger charge is 2.67. The molecule has 0 saturated carbocycles. The van der Waals surface area contributed by atoms with Crippen LogP contribution in [0.5, 0.6) is 0 Å². The summed E-state index contributed by atoms with van der Waals surface area (Å²) in [6, 6.07) is 1.49. The molecule has 0 fully saturated rings. The Balaban J connectivity index is 3.47. The van der Waals surface area contributed by atoms with Crippen LogP contribution in [-0.4, -0.2) is 31.3 Å². The lowest BCUT2D eigenvalue weighted by Crippen LogP contribution is -2.63. The van der Waals surface area contributed by atoms with Gasteiger partial charge in [0.05, 0.1) is 13.4 Å². The third kappa shape index (κ3) is 2.95. The molecule has 1 aromatic heterocycles. The summed E-state index contributed by atoms with van der Waals surface area (Å²) in [5, 5.41) is 0.606. The fraction of sp³-hybridized carbons (Fsp3) is 0.400. The number of carbonyl (C=O) groups excluding carboxylic acids is 2. The van der Waals surface area contributed by atoms with Gasteiger partial charge >= 0.3 is 24.2 Å². The summed E-state index contributed by atoms with van der Waals surface area (Å²) < 4.78 is 84.4. The first-order valence-electron chi connectivity index (χ1n) is 5.05. The number of esters is 1. The van der Waals surface area contributed by atoms with Crippen LogP contribution in [0.15, 0.2) is 22.8 Å². The molecule has 0 unspecified atom stereocenters. The summed E-state index contributed by atoms with van der Waals surface area (Å²) in [6.45, 7) is 0. The Morgan fingerprint density at radius 1 is 1.19 bits per heavy atom. The van der Waals surface area contributed by atoms with E-state index >= 15 is 0 Å². The summed E-state index contributed by atoms with van der Waals surface area (Å²) in [7, 11) is 0.519. The molecule has 1 amide bonds. The predicted molar refractivity (Wildman–Crippen MR) is 52.7 cm³/mol. The van der Waals surface area contributed by atoms with Gasteiger partial charge in [-0.3, -0.25) is 4.79 Å². The summed E-state index contributed by atoms with van der Waals surface area (Å²) in [5.74, 6) is -6.41. The SMILES string of the molecule is COC(=O)[C@](NC(=O)C(F)(F)F)(c1ccco1)C(F)(F)F. The molecule has 1 N–H and O–H groups in total. The molecule has 0 bridgehead atoms. The van der Waals surface area contributed by atoms with Gasteiger partial charge in [-0.1, -0.05) is 0 Å². The van der Waals surface area contributed by atoms with E-state index in [4.69, 9.17) is 0 Å². The van der Waals surface area contributed by atoms with Gasteiger partial charge in [0.1, 0.15) is 5.76 Å². The zero-order chi connectivity index (χ0) is 16.5. The second-order valence-electron chi connectivity index (χ2n) is 3.67. The lowest BCUT2D eigenvalue weighted by molar-refractivity contribution is -0.225. The van der Waals surface area contributed by atoms with Gasteiger partial charge in [-0.25, -0.2) is 4.79 Å². The van der Waals surface area contributed by atoms with Gasteiger partial charge in [0.2, 0.25) is 0 Å². The molecular formula is C10H7F6NO4. The Morgan fingerprint density at radius 3 is 2.10 bits per heavy atom. The Morgan fingerprint density at radius 2 is 1.76 bits per heavy atom. The number of rotatable bonds is 3. The van der Waals surface area contributed by atoms with Crippen LogP contribution in [0.25, 0.3) is 0 Å². The van der Waals surface area contributed by atoms with Crippen molar-refractivity contribution in [1.82, 2.24) is 5.32 Å². The van der Waals surface area contributed by atoms with Crippen molar-refractivity contribution in [1.29, 1.82) is 0 Å². The number of alkyl halides is 6. The van der Waals surface area contributed by atoms with Crippen molar-refractivity contribution in [3.05, 3.63) is 24.2 Å². The largest absolute Gasteiger partial charge is 0.471 e. The van der Waals surface area contributed by atoms with Crippen molar-refractivity contribution in [3.63, 3.8) is 0 Å². The number of methoxy groups -OCH3 is 1. The van der Waals surface area contributed by atoms with Crippen LogP contribution in [0.1, 0.15) is 5.76 Å². The summed E-state index contributed by atoms with van der Waals surface area (Å²) in [5.41, 5.74) is -4.10. The number of nitrogens with one attached hydrogen (secondary N) is 1. The molecule has 21 heavy (non-hydrogen) atoms. The zero-order valence-electron chi connectivity index (χ0n) is 10.1. The van der Waals surface area contributed by atoms with Gasteiger partial charge in [0, 0.05) is 0 Å². The van der Waals surface area contributed by atoms with Crippen molar-refractivity contribution < 1.29 is 45.1 Å². The van der Waals surface area contributed by atoms with Crippen LogP contribution in [-0.2, 0) is 19.9 Å². The quantitative estimate of drug-likeness (QED) is 0.682. The topological polar surface area (TPSA) is 68.5 Å². The fourth-order valence-corrected chi connectivity index (χ4v) is 1.43. The molecule has 5 nitrogen and oxygen atoms in total. The second-order valence-corrected chi connectivity index (χ2v) is 3.67. The van der Waals surface area contributed by atoms with E-state index in [9.17, 15) is 35.9 Å². The minimum Gasteiger partial charge on any atom is -0.467 e. The Bertz CT molecular complexity index is 521. The summed E-state index contributed by atoms with van der Waals surface area (Å²) in [6.07, 6.45) is -10.6. The molecule has 1 heterocycles. The first-order valence-corrected chi connectivity index (χ1v) is 5.05. The van der Waals surface area contributed by atoms with Crippen LogP contribution in [0.2, 0.25) is 0 Å². The first-order chi connectivity index (χ1) is 9.46. The maximum absolute atomic E-state index is 13.2. The predicted octanol–water partition coefficient (Wildman–Crippen LogP) is 1.89. The number of furan rings is 1. The van der Waals surface area contributed by atoms with Crippen molar-refractivity contribution in [2.45, 2.75) is 17.9 Å². The number of hydrogen-bond donors (Lipinski definition) is 1. The molecule has 1 atom stereocenters. The van der Waals surface area contributed by atoms with Crippen LogP contribution in [0.3, 0.4) is 0 Å². The molecular weight excluding hydrogens is 312 g/mol. The minimum absolute atomic E-state index is 0.519. The van der Waals surface area contributed by atoms with Crippen molar-refractivity contribution in [2.24, 2.45) is 0 Å². The average Bonchev–Trinajstić information content (AvgIpc) is 2.85. The van der Waals surface area contributed by atoms with E-state index in [1.165, 1.54) is 0 Å². The van der Waals surface area contributed by atoms with Crippen LogP contribution < -0.4 is 5.32 Å². The number of halogens is 6. The highest BCUT2D eigenvalue weighted by Crippen LogP contribution is 2.41. The lowest BCUT2D eigenvalue weighted by Gasteiger charge is -2.31. The molecule has 0 radical (unpaired) electrons. The highest BCUT2D eigenvalue weighted by molar-refractivity contribution is 5.91. The Kier molecular flexibility index (Phi) is 4.25. The van der Waals surface area contributed by atoms with E-state index in [0.717, 1.165) is 6.07 Å². The Labute approximate surface area is 112 Å². The van der Waals surface area contributed by atoms with Crippen LogP contribution >= 0.6 is 0 Å². The van der Waals surface area contributed by atoms with Crippen molar-refractivity contribution in [3.8, 4) is 0 Å². The maximum Gasteiger partial charge on any atom is 0.471 e. The smallest absolute Gasteiger partial charge is 0.467 e. The number of ether oxygens (including phenoxy) is 1. The van der Waals surface area contributed by atoms with E-state index in [-0.39, 0.29) is 0 Å². The molecule has 11 heteroatoms. The molecule has 0 aliphatic heterocycles. The molecule has 0 saturated heterocycles. The van der Waals surface area contributed by atoms with Crippen molar-refractivity contribution >= 4 is 11.9 Å².